The van der Waals surface area contributed by atoms with Crippen molar-refractivity contribution < 1.29 is 8.82 Å². The minimum atomic E-state index is 0.00849. The van der Waals surface area contributed by atoms with Crippen LogP contribution >= 0.6 is 0 Å². The fourth-order valence-electron chi connectivity index (χ4n) is 0.687. The molecule has 0 aromatic heterocycles. The number of hydrogen-bond acceptors (Lipinski definition) is 1. The standard InChI is InChI=1S/C4H10OSi.CF/c1-2-4-6-5-3-1;1-2/h1-4,6H2;. The Labute approximate surface area is 52.2 Å². The van der Waals surface area contributed by atoms with Crippen molar-refractivity contribution in [3.8, 4) is 0 Å². The van der Waals surface area contributed by atoms with E-state index in [2.05, 4.69) is 7.18 Å². The molecule has 3 radical (unpaired) electrons. The summed E-state index contributed by atoms with van der Waals surface area (Å²) in [6.45, 7) is 1.06. The van der Waals surface area contributed by atoms with Crippen molar-refractivity contribution in [1.29, 1.82) is 0 Å². The molecule has 0 spiro atoms. The maximum absolute atomic E-state index is 8.75. The lowest BCUT2D eigenvalue weighted by molar-refractivity contribution is 0.304. The third kappa shape index (κ3) is 4.27. The monoisotopic (exact) mass is 133 g/mol. The zero-order valence-electron chi connectivity index (χ0n) is 4.82. The van der Waals surface area contributed by atoms with Gasteiger partial charge in [-0.05, 0) is 12.5 Å². The van der Waals surface area contributed by atoms with E-state index < -0.39 is 0 Å². The zero-order valence-corrected chi connectivity index (χ0v) is 6.24. The van der Waals surface area contributed by atoms with Crippen LogP contribution in [0.5, 0.6) is 0 Å². The first-order valence-electron chi connectivity index (χ1n) is 2.77. The van der Waals surface area contributed by atoms with E-state index in [0.717, 1.165) is 6.61 Å². The SMILES string of the molecule is C1CC[SiH2]OC1.[C]F. The average molecular weight is 133 g/mol. The van der Waals surface area contributed by atoms with Gasteiger partial charge in [-0.3, -0.25) is 0 Å². The molecule has 1 rings (SSSR count). The van der Waals surface area contributed by atoms with E-state index in [1.807, 2.05) is 0 Å². The summed E-state index contributed by atoms with van der Waals surface area (Å²) in [5.41, 5.74) is 0. The summed E-state index contributed by atoms with van der Waals surface area (Å²) >= 11 is 0. The highest BCUT2D eigenvalue weighted by atomic mass is 28.2. The lowest BCUT2D eigenvalue weighted by Crippen LogP contribution is -2.06. The summed E-state index contributed by atoms with van der Waals surface area (Å²) in [5.74, 6) is 0. The molecule has 1 heterocycles. The Morgan fingerprint density at radius 3 is 2.25 bits per heavy atom. The quantitative estimate of drug-likeness (QED) is 0.444. The molecule has 0 bridgehead atoms. The van der Waals surface area contributed by atoms with Crippen LogP contribution in [-0.2, 0) is 4.43 Å². The van der Waals surface area contributed by atoms with Gasteiger partial charge < -0.3 is 4.43 Å². The second-order valence-electron chi connectivity index (χ2n) is 1.67. The van der Waals surface area contributed by atoms with Gasteiger partial charge in [0.05, 0.1) is 0 Å². The van der Waals surface area contributed by atoms with Crippen molar-refractivity contribution in [2.24, 2.45) is 0 Å². The molecule has 0 amide bonds. The van der Waals surface area contributed by atoms with Crippen molar-refractivity contribution >= 4 is 9.76 Å². The molecule has 0 aliphatic carbocycles. The summed E-state index contributed by atoms with van der Waals surface area (Å²) in [7, 11) is 4.26. The van der Waals surface area contributed by atoms with Gasteiger partial charge in [0.15, 0.2) is 9.76 Å². The van der Waals surface area contributed by atoms with Crippen molar-refractivity contribution in [3.63, 3.8) is 0 Å². The number of halogens is 1. The van der Waals surface area contributed by atoms with Gasteiger partial charge in [-0.1, -0.05) is 6.42 Å². The molecule has 47 valence electrons. The van der Waals surface area contributed by atoms with E-state index in [1.165, 1.54) is 18.9 Å². The molecule has 1 nitrogen and oxygen atoms in total. The van der Waals surface area contributed by atoms with Crippen LogP contribution in [0.4, 0.5) is 4.39 Å². The molecular weight excluding hydrogens is 123 g/mol. The maximum atomic E-state index is 8.75. The Bertz CT molecular complexity index is 27.9. The van der Waals surface area contributed by atoms with E-state index in [0.29, 0.717) is 0 Å². The first kappa shape index (κ1) is 8.11. The van der Waals surface area contributed by atoms with E-state index in [9.17, 15) is 0 Å². The van der Waals surface area contributed by atoms with Gasteiger partial charge in [-0.2, -0.15) is 0 Å². The first-order chi connectivity index (χ1) is 4.00. The zero-order chi connectivity index (χ0) is 6.24. The van der Waals surface area contributed by atoms with Crippen molar-refractivity contribution in [2.75, 3.05) is 6.61 Å². The van der Waals surface area contributed by atoms with Crippen molar-refractivity contribution in [2.45, 2.75) is 18.9 Å². The lowest BCUT2D eigenvalue weighted by Gasteiger charge is -2.07. The van der Waals surface area contributed by atoms with E-state index >= 15 is 0 Å². The van der Waals surface area contributed by atoms with Crippen LogP contribution in [-0.4, -0.2) is 16.4 Å². The van der Waals surface area contributed by atoms with Crippen LogP contribution < -0.4 is 0 Å². The number of hydrogen-bond donors (Lipinski definition) is 0. The molecule has 1 fully saturated rings. The highest BCUT2D eigenvalue weighted by Gasteiger charge is 1.96. The molecule has 0 N–H and O–H groups in total. The largest absolute Gasteiger partial charge is 0.424 e. The third-order valence-electron chi connectivity index (χ3n) is 1.08. The maximum Gasteiger partial charge on any atom is 0.232 e. The van der Waals surface area contributed by atoms with E-state index in [-0.39, 0.29) is 9.76 Å². The van der Waals surface area contributed by atoms with E-state index in [4.69, 9.17) is 8.82 Å². The molecule has 0 unspecified atom stereocenters. The minimum absolute atomic E-state index is 0.00849. The van der Waals surface area contributed by atoms with Crippen molar-refractivity contribution in [1.82, 2.24) is 0 Å². The Hall–Kier alpha value is 0.107. The highest BCUT2D eigenvalue weighted by Crippen LogP contribution is 2.01. The molecule has 0 aromatic carbocycles. The van der Waals surface area contributed by atoms with Gasteiger partial charge in [-0.25, -0.2) is 4.39 Å². The van der Waals surface area contributed by atoms with Crippen LogP contribution in [0.25, 0.3) is 0 Å². The fraction of sp³-hybridized carbons (Fsp3) is 0.800. The summed E-state index contributed by atoms with van der Waals surface area (Å²) < 4.78 is 14.0. The van der Waals surface area contributed by atoms with Gasteiger partial charge in [0, 0.05) is 6.61 Å². The molecule has 1 aliphatic heterocycles. The van der Waals surface area contributed by atoms with Crippen LogP contribution in [0.1, 0.15) is 12.8 Å². The second-order valence-corrected chi connectivity index (χ2v) is 3.20. The Morgan fingerprint density at radius 2 is 2.12 bits per heavy atom. The van der Waals surface area contributed by atoms with Gasteiger partial charge in [0.2, 0.25) is 7.18 Å². The van der Waals surface area contributed by atoms with Gasteiger partial charge in [0.25, 0.3) is 0 Å². The molecule has 8 heavy (non-hydrogen) atoms. The Balaban J connectivity index is 0.000000222. The smallest absolute Gasteiger partial charge is 0.232 e. The van der Waals surface area contributed by atoms with Crippen LogP contribution in [0.3, 0.4) is 0 Å². The topological polar surface area (TPSA) is 9.23 Å². The summed E-state index contributed by atoms with van der Waals surface area (Å²) in [5, 5.41) is 0. The normalized spacial score (nSPS) is 21.8. The molecule has 0 saturated carbocycles. The second kappa shape index (κ2) is 7.11. The summed E-state index contributed by atoms with van der Waals surface area (Å²) in [6, 6.07) is 1.42. The lowest BCUT2D eigenvalue weighted by atomic mass is 10.4. The average Bonchev–Trinajstić information content (AvgIpc) is 1.96. The summed E-state index contributed by atoms with van der Waals surface area (Å²) in [4.78, 5) is 0. The molecule has 0 atom stereocenters. The van der Waals surface area contributed by atoms with Crippen LogP contribution in [0.2, 0.25) is 6.04 Å². The van der Waals surface area contributed by atoms with Crippen LogP contribution in [0.15, 0.2) is 0 Å². The van der Waals surface area contributed by atoms with E-state index in [1.54, 1.807) is 0 Å². The molecule has 1 saturated heterocycles. The van der Waals surface area contributed by atoms with Gasteiger partial charge in [0.1, 0.15) is 0 Å². The predicted octanol–water partition coefficient (Wildman–Crippen LogP) is 0.800. The number of rotatable bonds is 0. The summed E-state index contributed by atoms with van der Waals surface area (Å²) in [6.07, 6.45) is 2.75. The Kier molecular flexibility index (Phi) is 7.20. The minimum Gasteiger partial charge on any atom is -0.424 e. The van der Waals surface area contributed by atoms with Crippen LogP contribution in [0, 0.1) is 7.18 Å². The molecule has 1 aliphatic rings. The molecular formula is C5H10FOSi. The Morgan fingerprint density at radius 1 is 1.38 bits per heavy atom. The van der Waals surface area contributed by atoms with Crippen molar-refractivity contribution in [3.05, 3.63) is 7.18 Å². The predicted molar refractivity (Wildman–Crippen MR) is 32.9 cm³/mol. The first-order valence-corrected chi connectivity index (χ1v) is 4.34. The fourth-order valence-corrected chi connectivity index (χ4v) is 1.86. The van der Waals surface area contributed by atoms with Gasteiger partial charge >= 0.3 is 0 Å². The highest BCUT2D eigenvalue weighted by molar-refractivity contribution is 6.27. The molecule has 0 aromatic rings. The molecule has 3 heteroatoms. The third-order valence-corrected chi connectivity index (χ3v) is 2.44. The van der Waals surface area contributed by atoms with Gasteiger partial charge in [-0.15, -0.1) is 0 Å².